The van der Waals surface area contributed by atoms with Gasteiger partial charge in [-0.3, -0.25) is 9.59 Å². The van der Waals surface area contributed by atoms with Crippen molar-refractivity contribution in [2.45, 2.75) is 65.5 Å². The molecule has 0 spiro atoms. The van der Waals surface area contributed by atoms with Crippen LogP contribution in [0.5, 0.6) is 0 Å². The summed E-state index contributed by atoms with van der Waals surface area (Å²) >= 11 is 0. The Morgan fingerprint density at radius 2 is 1.96 bits per heavy atom. The van der Waals surface area contributed by atoms with Crippen molar-refractivity contribution in [3.05, 3.63) is 29.8 Å². The number of anilines is 1. The highest BCUT2D eigenvalue weighted by Gasteiger charge is 2.32. The number of carbonyl (C=O) groups excluding carboxylic acids is 2. The molecule has 3 rings (SSSR count). The Morgan fingerprint density at radius 1 is 1.18 bits per heavy atom. The molecule has 28 heavy (non-hydrogen) atoms. The normalized spacial score (nSPS) is 24.8. The zero-order chi connectivity index (χ0) is 20.1. The molecule has 0 bridgehead atoms. The first-order chi connectivity index (χ1) is 13.4. The summed E-state index contributed by atoms with van der Waals surface area (Å²) in [6.07, 6.45) is 5.62. The third kappa shape index (κ3) is 6.06. The second-order valence-corrected chi connectivity index (χ2v) is 8.92. The Balaban J connectivity index is 1.44. The minimum Gasteiger partial charge on any atom is -0.368 e. The Labute approximate surface area is 168 Å². The molecular formula is C23H34N2O3. The highest BCUT2D eigenvalue weighted by atomic mass is 16.5. The van der Waals surface area contributed by atoms with Crippen LogP contribution >= 0.6 is 0 Å². The first kappa shape index (κ1) is 20.8. The molecule has 5 nitrogen and oxygen atoms in total. The van der Waals surface area contributed by atoms with E-state index in [1.165, 1.54) is 12.8 Å². The zero-order valence-corrected chi connectivity index (χ0v) is 17.4. The lowest BCUT2D eigenvalue weighted by Gasteiger charge is -2.37. The summed E-state index contributed by atoms with van der Waals surface area (Å²) in [6.45, 7) is 7.29. The predicted octanol–water partition coefficient (Wildman–Crippen LogP) is 4.13. The van der Waals surface area contributed by atoms with Gasteiger partial charge < -0.3 is 15.4 Å². The lowest BCUT2D eigenvalue weighted by molar-refractivity contribution is -0.131. The smallest absolute Gasteiger partial charge is 0.246 e. The number of nitrogens with one attached hydrogen (secondary N) is 2. The van der Waals surface area contributed by atoms with E-state index >= 15 is 0 Å². The Morgan fingerprint density at radius 3 is 2.68 bits per heavy atom. The molecule has 0 radical (unpaired) electrons. The maximum absolute atomic E-state index is 12.3. The van der Waals surface area contributed by atoms with Gasteiger partial charge in [0.2, 0.25) is 11.8 Å². The summed E-state index contributed by atoms with van der Waals surface area (Å²) < 4.78 is 6.02. The molecule has 2 fully saturated rings. The van der Waals surface area contributed by atoms with Crippen LogP contribution in [-0.4, -0.2) is 24.5 Å². The number of rotatable bonds is 8. The summed E-state index contributed by atoms with van der Waals surface area (Å²) in [4.78, 5) is 24.2. The van der Waals surface area contributed by atoms with Crippen molar-refractivity contribution in [1.82, 2.24) is 5.32 Å². The lowest BCUT2D eigenvalue weighted by atomic mass is 9.75. The molecule has 0 heterocycles. The molecule has 5 heteroatoms. The van der Waals surface area contributed by atoms with Gasteiger partial charge in [0.25, 0.3) is 0 Å². The van der Waals surface area contributed by atoms with Crippen molar-refractivity contribution in [2.75, 3.05) is 11.9 Å². The van der Waals surface area contributed by atoms with Crippen LogP contribution in [0.4, 0.5) is 5.69 Å². The Hall–Kier alpha value is -1.88. The van der Waals surface area contributed by atoms with Crippen LogP contribution in [0, 0.1) is 23.7 Å². The molecule has 2 aliphatic carbocycles. The van der Waals surface area contributed by atoms with Crippen LogP contribution < -0.4 is 10.6 Å². The summed E-state index contributed by atoms with van der Waals surface area (Å²) in [5.74, 6) is 1.96. The SMILES string of the molecule is CC(C)[C@@H]1CC[C@@H](C)C[C@@H]1OCC(=O)NCc1cccc(NC(=O)C2CC2)c1. The molecule has 0 unspecified atom stereocenters. The van der Waals surface area contributed by atoms with Gasteiger partial charge in [0.1, 0.15) is 6.61 Å². The molecule has 2 amide bonds. The number of carbonyl (C=O) groups is 2. The highest BCUT2D eigenvalue weighted by molar-refractivity contribution is 5.94. The maximum atomic E-state index is 12.3. The fraction of sp³-hybridized carbons (Fsp3) is 0.652. The first-order valence-electron chi connectivity index (χ1n) is 10.7. The quantitative estimate of drug-likeness (QED) is 0.706. The Kier molecular flexibility index (Phi) is 7.11. The third-order valence-corrected chi connectivity index (χ3v) is 6.02. The summed E-state index contributed by atoms with van der Waals surface area (Å²) in [5, 5.41) is 5.88. The van der Waals surface area contributed by atoms with Crippen LogP contribution in [-0.2, 0) is 20.9 Å². The summed E-state index contributed by atoms with van der Waals surface area (Å²) in [6, 6.07) is 7.65. The van der Waals surface area contributed by atoms with Gasteiger partial charge in [0.15, 0.2) is 0 Å². The minimum absolute atomic E-state index is 0.0897. The van der Waals surface area contributed by atoms with E-state index in [9.17, 15) is 9.59 Å². The Bertz CT molecular complexity index is 684. The molecule has 2 saturated carbocycles. The van der Waals surface area contributed by atoms with Gasteiger partial charge in [-0.1, -0.05) is 39.3 Å². The van der Waals surface area contributed by atoms with Crippen molar-refractivity contribution in [1.29, 1.82) is 0 Å². The number of amides is 2. The molecule has 2 aliphatic rings. The van der Waals surface area contributed by atoms with Crippen molar-refractivity contribution < 1.29 is 14.3 Å². The van der Waals surface area contributed by atoms with E-state index in [-0.39, 0.29) is 30.4 Å². The van der Waals surface area contributed by atoms with Gasteiger partial charge in [-0.05, 0) is 61.1 Å². The standard InChI is InChI=1S/C23H34N2O3/c1-15(2)20-10-7-16(3)11-21(20)28-14-22(26)24-13-17-5-4-6-19(12-17)25-23(27)18-8-9-18/h4-6,12,15-16,18,20-21H,7-11,13-14H2,1-3H3,(H,24,26)(H,25,27)/t16-,20+,21+/m1/s1. The number of hydrogen-bond acceptors (Lipinski definition) is 3. The van der Waals surface area contributed by atoms with Crippen LogP contribution in [0.15, 0.2) is 24.3 Å². The van der Waals surface area contributed by atoms with Gasteiger partial charge in [-0.25, -0.2) is 0 Å². The van der Waals surface area contributed by atoms with E-state index in [0.29, 0.717) is 24.3 Å². The van der Waals surface area contributed by atoms with Gasteiger partial charge >= 0.3 is 0 Å². The second kappa shape index (κ2) is 9.55. The number of benzene rings is 1. The molecule has 1 aromatic carbocycles. The molecule has 2 N–H and O–H groups in total. The summed E-state index contributed by atoms with van der Waals surface area (Å²) in [5.41, 5.74) is 1.75. The zero-order valence-electron chi connectivity index (χ0n) is 17.4. The van der Waals surface area contributed by atoms with E-state index in [0.717, 1.165) is 30.5 Å². The third-order valence-electron chi connectivity index (χ3n) is 6.02. The fourth-order valence-electron chi connectivity index (χ4n) is 4.09. The van der Waals surface area contributed by atoms with Crippen molar-refractivity contribution >= 4 is 17.5 Å². The van der Waals surface area contributed by atoms with E-state index in [1.54, 1.807) is 0 Å². The van der Waals surface area contributed by atoms with E-state index in [2.05, 4.69) is 31.4 Å². The molecule has 0 saturated heterocycles. The van der Waals surface area contributed by atoms with Crippen LogP contribution in [0.1, 0.15) is 58.4 Å². The average Bonchev–Trinajstić information content (AvgIpc) is 3.50. The summed E-state index contributed by atoms with van der Waals surface area (Å²) in [7, 11) is 0. The monoisotopic (exact) mass is 386 g/mol. The van der Waals surface area contributed by atoms with Crippen molar-refractivity contribution in [2.24, 2.45) is 23.7 Å². The van der Waals surface area contributed by atoms with Gasteiger partial charge in [0.05, 0.1) is 6.10 Å². The van der Waals surface area contributed by atoms with Crippen LogP contribution in [0.3, 0.4) is 0 Å². The van der Waals surface area contributed by atoms with Crippen LogP contribution in [0.2, 0.25) is 0 Å². The first-order valence-corrected chi connectivity index (χ1v) is 10.7. The number of hydrogen-bond donors (Lipinski definition) is 2. The molecular weight excluding hydrogens is 352 g/mol. The van der Waals surface area contributed by atoms with E-state index < -0.39 is 0 Å². The van der Waals surface area contributed by atoms with E-state index in [4.69, 9.17) is 4.74 Å². The second-order valence-electron chi connectivity index (χ2n) is 8.92. The molecule has 1 aromatic rings. The maximum Gasteiger partial charge on any atom is 0.246 e. The molecule has 3 atom stereocenters. The van der Waals surface area contributed by atoms with Crippen LogP contribution in [0.25, 0.3) is 0 Å². The minimum atomic E-state index is -0.0897. The number of ether oxygens (including phenoxy) is 1. The van der Waals surface area contributed by atoms with Gasteiger partial charge in [-0.2, -0.15) is 0 Å². The van der Waals surface area contributed by atoms with E-state index in [1.807, 2.05) is 24.3 Å². The fourth-order valence-corrected chi connectivity index (χ4v) is 4.09. The van der Waals surface area contributed by atoms with Crippen molar-refractivity contribution in [3.63, 3.8) is 0 Å². The lowest BCUT2D eigenvalue weighted by Crippen LogP contribution is -2.37. The predicted molar refractivity (Wildman–Crippen MR) is 111 cm³/mol. The average molecular weight is 387 g/mol. The molecule has 0 aliphatic heterocycles. The van der Waals surface area contributed by atoms with Gasteiger partial charge in [0, 0.05) is 18.2 Å². The molecule has 154 valence electrons. The topological polar surface area (TPSA) is 67.4 Å². The van der Waals surface area contributed by atoms with Crippen molar-refractivity contribution in [3.8, 4) is 0 Å². The molecule has 0 aromatic heterocycles. The van der Waals surface area contributed by atoms with Gasteiger partial charge in [-0.15, -0.1) is 0 Å². The highest BCUT2D eigenvalue weighted by Crippen LogP contribution is 2.35. The largest absolute Gasteiger partial charge is 0.368 e.